The molecule has 0 saturated carbocycles. The van der Waals surface area contributed by atoms with E-state index in [1.54, 1.807) is 24.5 Å². The van der Waals surface area contributed by atoms with Crippen molar-refractivity contribution in [2.45, 2.75) is 26.7 Å². The number of nitrogens with one attached hydrogen (secondary N) is 2. The van der Waals surface area contributed by atoms with Gasteiger partial charge in [0.2, 0.25) is 0 Å². The fraction of sp³-hybridized carbons (Fsp3) is 0.250. The molecule has 1 aromatic heterocycles. The summed E-state index contributed by atoms with van der Waals surface area (Å²) in [5.41, 5.74) is 3.73. The molecule has 1 heterocycles. The molecular weight excluding hydrogens is 250 g/mol. The maximum absolute atomic E-state index is 12.1. The number of aromatic nitrogens is 1. The lowest BCUT2D eigenvalue weighted by Gasteiger charge is -2.16. The summed E-state index contributed by atoms with van der Waals surface area (Å²) in [5.74, 6) is 0.351. The summed E-state index contributed by atoms with van der Waals surface area (Å²) < 4.78 is 0. The van der Waals surface area contributed by atoms with Crippen molar-refractivity contribution < 1.29 is 4.79 Å². The highest BCUT2D eigenvalue weighted by atomic mass is 16.2. The van der Waals surface area contributed by atoms with Gasteiger partial charge in [0.25, 0.3) is 0 Å². The first-order valence-electron chi connectivity index (χ1n) is 6.65. The van der Waals surface area contributed by atoms with Crippen LogP contribution < -0.4 is 10.6 Å². The fourth-order valence-electron chi connectivity index (χ4n) is 2.05. The van der Waals surface area contributed by atoms with Crippen LogP contribution in [0.25, 0.3) is 0 Å². The Morgan fingerprint density at radius 1 is 1.15 bits per heavy atom. The third-order valence-electron chi connectivity index (χ3n) is 3.08. The molecular formula is C16H19N3O. The van der Waals surface area contributed by atoms with E-state index in [-0.39, 0.29) is 6.03 Å². The van der Waals surface area contributed by atoms with Gasteiger partial charge in [-0.15, -0.1) is 0 Å². The number of carbonyl (C=O) groups is 1. The van der Waals surface area contributed by atoms with Crippen molar-refractivity contribution in [2.75, 3.05) is 10.6 Å². The lowest BCUT2D eigenvalue weighted by molar-refractivity contribution is 0.262. The van der Waals surface area contributed by atoms with Gasteiger partial charge in [0.05, 0.1) is 11.9 Å². The molecule has 0 unspecified atom stereocenters. The van der Waals surface area contributed by atoms with E-state index in [0.717, 1.165) is 16.8 Å². The molecule has 1 aromatic carbocycles. The summed E-state index contributed by atoms with van der Waals surface area (Å²) in [6.45, 7) is 6.21. The summed E-state index contributed by atoms with van der Waals surface area (Å²) in [4.78, 5) is 16.0. The first-order valence-corrected chi connectivity index (χ1v) is 6.65. The summed E-state index contributed by atoms with van der Waals surface area (Å²) in [5, 5.41) is 5.70. The average molecular weight is 269 g/mol. The molecule has 0 aliphatic heterocycles. The minimum atomic E-state index is -0.255. The van der Waals surface area contributed by atoms with Crippen LogP contribution in [0, 0.1) is 6.92 Å². The summed E-state index contributed by atoms with van der Waals surface area (Å²) in [7, 11) is 0. The highest BCUT2D eigenvalue weighted by molar-refractivity contribution is 6.00. The normalized spacial score (nSPS) is 10.4. The first-order chi connectivity index (χ1) is 9.58. The molecule has 2 aromatic rings. The molecule has 20 heavy (non-hydrogen) atoms. The summed E-state index contributed by atoms with van der Waals surface area (Å²) in [6.07, 6.45) is 3.28. The number of pyridine rings is 1. The van der Waals surface area contributed by atoms with Crippen LogP contribution in [0.3, 0.4) is 0 Å². The molecule has 2 rings (SSSR count). The predicted octanol–water partition coefficient (Wildman–Crippen LogP) is 4.16. The van der Waals surface area contributed by atoms with E-state index in [1.165, 1.54) is 0 Å². The molecule has 2 amide bonds. The van der Waals surface area contributed by atoms with Crippen molar-refractivity contribution in [3.8, 4) is 0 Å². The second-order valence-corrected chi connectivity index (χ2v) is 5.01. The largest absolute Gasteiger partial charge is 0.323 e. The van der Waals surface area contributed by atoms with Gasteiger partial charge in [-0.3, -0.25) is 4.98 Å². The van der Waals surface area contributed by atoms with E-state index in [2.05, 4.69) is 29.5 Å². The van der Waals surface area contributed by atoms with E-state index in [0.29, 0.717) is 11.6 Å². The first kappa shape index (κ1) is 14.1. The van der Waals surface area contributed by atoms with Crippen LogP contribution in [0.1, 0.15) is 30.9 Å². The van der Waals surface area contributed by atoms with Crippen molar-refractivity contribution in [1.82, 2.24) is 4.98 Å². The van der Waals surface area contributed by atoms with Gasteiger partial charge in [-0.05, 0) is 36.1 Å². The Hall–Kier alpha value is -2.36. The molecule has 0 saturated heterocycles. The number of urea groups is 1. The monoisotopic (exact) mass is 269 g/mol. The van der Waals surface area contributed by atoms with E-state index < -0.39 is 0 Å². The van der Waals surface area contributed by atoms with Gasteiger partial charge < -0.3 is 10.6 Å². The maximum Gasteiger partial charge on any atom is 0.323 e. The Morgan fingerprint density at radius 3 is 2.60 bits per heavy atom. The lowest BCUT2D eigenvalue weighted by atomic mass is 9.98. The fourth-order valence-corrected chi connectivity index (χ4v) is 2.05. The van der Waals surface area contributed by atoms with Gasteiger partial charge in [-0.2, -0.15) is 0 Å². The molecule has 4 nitrogen and oxygen atoms in total. The van der Waals surface area contributed by atoms with Crippen LogP contribution in [0.2, 0.25) is 0 Å². The van der Waals surface area contributed by atoms with E-state index in [9.17, 15) is 4.79 Å². The molecule has 0 aliphatic carbocycles. The van der Waals surface area contributed by atoms with Gasteiger partial charge in [0.1, 0.15) is 0 Å². The maximum atomic E-state index is 12.1. The topological polar surface area (TPSA) is 54.0 Å². The van der Waals surface area contributed by atoms with Gasteiger partial charge in [-0.1, -0.05) is 32.0 Å². The lowest BCUT2D eigenvalue weighted by Crippen LogP contribution is -2.21. The zero-order chi connectivity index (χ0) is 14.5. The number of benzene rings is 1. The van der Waals surface area contributed by atoms with Crippen molar-refractivity contribution in [3.63, 3.8) is 0 Å². The number of nitrogens with zero attached hydrogens (tertiary/aromatic N) is 1. The minimum absolute atomic E-state index is 0.255. The number of para-hydroxylation sites is 1. The van der Waals surface area contributed by atoms with Crippen molar-refractivity contribution in [2.24, 2.45) is 0 Å². The molecule has 0 aliphatic rings. The number of aryl methyl sites for hydroxylation is 1. The standard InChI is InChI=1S/C16H19N3O/c1-11(2)14-8-4-6-12(3)15(14)19-16(20)18-13-7-5-9-17-10-13/h4-11H,1-3H3,(H2,18,19,20). The molecule has 0 spiro atoms. The number of carbonyl (C=O) groups excluding carboxylic acids is 1. The van der Waals surface area contributed by atoms with Crippen LogP contribution in [-0.4, -0.2) is 11.0 Å². The zero-order valence-corrected chi connectivity index (χ0v) is 12.0. The molecule has 0 radical (unpaired) electrons. The summed E-state index contributed by atoms with van der Waals surface area (Å²) in [6, 6.07) is 9.36. The SMILES string of the molecule is Cc1cccc(C(C)C)c1NC(=O)Nc1cccnc1. The smallest absolute Gasteiger partial charge is 0.307 e. The molecule has 104 valence electrons. The van der Waals surface area contributed by atoms with Crippen LogP contribution in [0.15, 0.2) is 42.7 Å². The van der Waals surface area contributed by atoms with Gasteiger partial charge >= 0.3 is 6.03 Å². The van der Waals surface area contributed by atoms with E-state index >= 15 is 0 Å². The Labute approximate surface area is 119 Å². The quantitative estimate of drug-likeness (QED) is 0.879. The van der Waals surface area contributed by atoms with Crippen LogP contribution in [0.4, 0.5) is 16.2 Å². The Bertz CT molecular complexity index is 594. The summed E-state index contributed by atoms with van der Waals surface area (Å²) >= 11 is 0. The van der Waals surface area contributed by atoms with Crippen LogP contribution in [-0.2, 0) is 0 Å². The van der Waals surface area contributed by atoms with Gasteiger partial charge in [0, 0.05) is 11.9 Å². The third-order valence-corrected chi connectivity index (χ3v) is 3.08. The number of amides is 2. The van der Waals surface area contributed by atoms with Crippen LogP contribution in [0.5, 0.6) is 0 Å². The third kappa shape index (κ3) is 3.35. The molecule has 0 atom stereocenters. The molecule has 2 N–H and O–H groups in total. The minimum Gasteiger partial charge on any atom is -0.307 e. The van der Waals surface area contributed by atoms with Crippen molar-refractivity contribution in [1.29, 1.82) is 0 Å². The number of rotatable bonds is 3. The van der Waals surface area contributed by atoms with Gasteiger partial charge in [0.15, 0.2) is 0 Å². The molecule has 0 fully saturated rings. The molecule has 4 heteroatoms. The molecule has 0 bridgehead atoms. The van der Waals surface area contributed by atoms with Crippen molar-refractivity contribution >= 4 is 17.4 Å². The van der Waals surface area contributed by atoms with E-state index in [4.69, 9.17) is 0 Å². The Kier molecular flexibility index (Phi) is 4.35. The number of hydrogen-bond donors (Lipinski definition) is 2. The highest BCUT2D eigenvalue weighted by Gasteiger charge is 2.11. The second kappa shape index (κ2) is 6.19. The van der Waals surface area contributed by atoms with Crippen LogP contribution >= 0.6 is 0 Å². The van der Waals surface area contributed by atoms with Crippen molar-refractivity contribution in [3.05, 3.63) is 53.9 Å². The highest BCUT2D eigenvalue weighted by Crippen LogP contribution is 2.27. The Morgan fingerprint density at radius 2 is 1.95 bits per heavy atom. The average Bonchev–Trinajstić information content (AvgIpc) is 2.42. The predicted molar refractivity (Wildman–Crippen MR) is 82.1 cm³/mol. The van der Waals surface area contributed by atoms with E-state index in [1.807, 2.05) is 25.1 Å². The zero-order valence-electron chi connectivity index (χ0n) is 12.0. The second-order valence-electron chi connectivity index (χ2n) is 5.01. The number of hydrogen-bond acceptors (Lipinski definition) is 2. The number of anilines is 2. The van der Waals surface area contributed by atoms with Gasteiger partial charge in [-0.25, -0.2) is 4.79 Å². The Balaban J connectivity index is 2.16.